The van der Waals surface area contributed by atoms with E-state index in [0.29, 0.717) is 0 Å². The van der Waals surface area contributed by atoms with Gasteiger partial charge in [-0.2, -0.15) is 0 Å². The summed E-state index contributed by atoms with van der Waals surface area (Å²) in [6.07, 6.45) is 7.27. The van der Waals surface area contributed by atoms with Crippen molar-refractivity contribution in [2.24, 2.45) is 0 Å². The van der Waals surface area contributed by atoms with E-state index in [0.717, 1.165) is 38.2 Å². The number of benzene rings is 1. The SMILES string of the molecule is CCCNC(Cc1ccc(C)cc1)c1nccn1CCC. The number of imidazole rings is 1. The van der Waals surface area contributed by atoms with Crippen LogP contribution in [-0.2, 0) is 13.0 Å². The molecule has 1 aromatic carbocycles. The maximum absolute atomic E-state index is 4.60. The molecule has 2 aromatic rings. The van der Waals surface area contributed by atoms with Crippen LogP contribution in [0.3, 0.4) is 0 Å². The Morgan fingerprint density at radius 2 is 1.90 bits per heavy atom. The van der Waals surface area contributed by atoms with Gasteiger partial charge in [0, 0.05) is 18.9 Å². The molecule has 0 bridgehead atoms. The maximum Gasteiger partial charge on any atom is 0.126 e. The van der Waals surface area contributed by atoms with Gasteiger partial charge in [0.2, 0.25) is 0 Å². The normalized spacial score (nSPS) is 12.5. The minimum Gasteiger partial charge on any atom is -0.334 e. The quantitative estimate of drug-likeness (QED) is 0.797. The highest BCUT2D eigenvalue weighted by Crippen LogP contribution is 2.18. The van der Waals surface area contributed by atoms with E-state index in [1.807, 2.05) is 6.20 Å². The lowest BCUT2D eigenvalue weighted by molar-refractivity contribution is 0.476. The predicted octanol–water partition coefficient (Wildman–Crippen LogP) is 3.88. The molecule has 21 heavy (non-hydrogen) atoms. The van der Waals surface area contributed by atoms with Crippen LogP contribution in [0.5, 0.6) is 0 Å². The molecule has 0 aliphatic rings. The van der Waals surface area contributed by atoms with Gasteiger partial charge < -0.3 is 9.88 Å². The number of aromatic nitrogens is 2. The first-order valence-corrected chi connectivity index (χ1v) is 8.04. The van der Waals surface area contributed by atoms with E-state index in [1.54, 1.807) is 0 Å². The fourth-order valence-corrected chi connectivity index (χ4v) is 2.59. The second-order valence-corrected chi connectivity index (χ2v) is 5.68. The van der Waals surface area contributed by atoms with Gasteiger partial charge in [0.05, 0.1) is 6.04 Å². The van der Waals surface area contributed by atoms with Crippen LogP contribution in [0.2, 0.25) is 0 Å². The molecular formula is C18H27N3. The van der Waals surface area contributed by atoms with Crippen molar-refractivity contribution in [3.8, 4) is 0 Å². The molecule has 1 N–H and O–H groups in total. The summed E-state index contributed by atoms with van der Waals surface area (Å²) >= 11 is 0. The first-order chi connectivity index (χ1) is 10.2. The number of rotatable bonds is 8. The molecule has 2 rings (SSSR count). The lowest BCUT2D eigenvalue weighted by Crippen LogP contribution is -2.27. The van der Waals surface area contributed by atoms with Gasteiger partial charge in [0.25, 0.3) is 0 Å². The molecule has 1 unspecified atom stereocenters. The van der Waals surface area contributed by atoms with Gasteiger partial charge in [-0.15, -0.1) is 0 Å². The van der Waals surface area contributed by atoms with E-state index in [4.69, 9.17) is 0 Å². The van der Waals surface area contributed by atoms with Gasteiger partial charge in [-0.1, -0.05) is 43.7 Å². The molecule has 3 nitrogen and oxygen atoms in total. The lowest BCUT2D eigenvalue weighted by atomic mass is 10.0. The van der Waals surface area contributed by atoms with Crippen LogP contribution in [0.1, 0.15) is 49.7 Å². The zero-order valence-corrected chi connectivity index (χ0v) is 13.5. The third kappa shape index (κ3) is 4.43. The Morgan fingerprint density at radius 3 is 2.57 bits per heavy atom. The summed E-state index contributed by atoms with van der Waals surface area (Å²) in [5.41, 5.74) is 2.67. The molecule has 0 amide bonds. The lowest BCUT2D eigenvalue weighted by Gasteiger charge is -2.20. The van der Waals surface area contributed by atoms with Gasteiger partial charge in [0.1, 0.15) is 5.82 Å². The summed E-state index contributed by atoms with van der Waals surface area (Å²) < 4.78 is 2.28. The Morgan fingerprint density at radius 1 is 1.14 bits per heavy atom. The summed E-state index contributed by atoms with van der Waals surface area (Å²) in [7, 11) is 0. The summed E-state index contributed by atoms with van der Waals surface area (Å²) in [6, 6.07) is 9.11. The van der Waals surface area contributed by atoms with Gasteiger partial charge in [0.15, 0.2) is 0 Å². The highest BCUT2D eigenvalue weighted by atomic mass is 15.1. The van der Waals surface area contributed by atoms with Crippen molar-refractivity contribution in [2.75, 3.05) is 6.54 Å². The van der Waals surface area contributed by atoms with E-state index in [1.165, 1.54) is 11.1 Å². The Balaban J connectivity index is 2.16. The molecular weight excluding hydrogens is 258 g/mol. The van der Waals surface area contributed by atoms with Crippen molar-refractivity contribution in [2.45, 2.75) is 52.6 Å². The van der Waals surface area contributed by atoms with Gasteiger partial charge in [-0.05, 0) is 38.3 Å². The second kappa shape index (κ2) is 7.99. The summed E-state index contributed by atoms with van der Waals surface area (Å²) in [4.78, 5) is 4.60. The van der Waals surface area contributed by atoms with E-state index in [-0.39, 0.29) is 6.04 Å². The van der Waals surface area contributed by atoms with E-state index >= 15 is 0 Å². The maximum atomic E-state index is 4.60. The van der Waals surface area contributed by atoms with Crippen LogP contribution in [0.25, 0.3) is 0 Å². The number of nitrogens with one attached hydrogen (secondary N) is 1. The molecule has 1 heterocycles. The summed E-state index contributed by atoms with van der Waals surface area (Å²) in [6.45, 7) is 8.60. The zero-order chi connectivity index (χ0) is 15.1. The van der Waals surface area contributed by atoms with Crippen molar-refractivity contribution >= 4 is 0 Å². The second-order valence-electron chi connectivity index (χ2n) is 5.68. The van der Waals surface area contributed by atoms with Crippen molar-refractivity contribution < 1.29 is 0 Å². The fourth-order valence-electron chi connectivity index (χ4n) is 2.59. The molecule has 0 radical (unpaired) electrons. The topological polar surface area (TPSA) is 29.9 Å². The van der Waals surface area contributed by atoms with Crippen molar-refractivity contribution in [1.82, 2.24) is 14.9 Å². The first-order valence-electron chi connectivity index (χ1n) is 8.04. The van der Waals surface area contributed by atoms with Crippen LogP contribution < -0.4 is 5.32 Å². The molecule has 0 saturated carbocycles. The zero-order valence-electron chi connectivity index (χ0n) is 13.5. The molecule has 1 atom stereocenters. The van der Waals surface area contributed by atoms with Crippen LogP contribution in [0.4, 0.5) is 0 Å². The molecule has 0 aliphatic carbocycles. The van der Waals surface area contributed by atoms with Crippen LogP contribution in [0, 0.1) is 6.92 Å². The largest absolute Gasteiger partial charge is 0.334 e. The third-order valence-electron chi connectivity index (χ3n) is 3.73. The molecule has 1 aromatic heterocycles. The minimum absolute atomic E-state index is 0.286. The first kappa shape index (κ1) is 15.8. The number of aryl methyl sites for hydroxylation is 2. The molecule has 0 fully saturated rings. The monoisotopic (exact) mass is 285 g/mol. The van der Waals surface area contributed by atoms with Crippen molar-refractivity contribution in [3.05, 3.63) is 53.6 Å². The Bertz CT molecular complexity index is 528. The van der Waals surface area contributed by atoms with E-state index < -0.39 is 0 Å². The van der Waals surface area contributed by atoms with Gasteiger partial charge in [-0.3, -0.25) is 0 Å². The smallest absolute Gasteiger partial charge is 0.126 e. The Labute approximate surface area is 128 Å². The minimum atomic E-state index is 0.286. The predicted molar refractivity (Wildman–Crippen MR) is 88.4 cm³/mol. The van der Waals surface area contributed by atoms with Crippen LogP contribution in [-0.4, -0.2) is 16.1 Å². The standard InChI is InChI=1S/C18H27N3/c1-4-10-19-17(14-16-8-6-15(3)7-9-16)18-20-11-13-21(18)12-5-2/h6-9,11,13,17,19H,4-5,10,12,14H2,1-3H3. The highest BCUT2D eigenvalue weighted by Gasteiger charge is 2.16. The Hall–Kier alpha value is -1.61. The summed E-state index contributed by atoms with van der Waals surface area (Å²) in [5, 5.41) is 3.65. The number of nitrogens with zero attached hydrogens (tertiary/aromatic N) is 2. The van der Waals surface area contributed by atoms with Gasteiger partial charge in [-0.25, -0.2) is 4.98 Å². The van der Waals surface area contributed by atoms with Crippen molar-refractivity contribution in [3.63, 3.8) is 0 Å². The average Bonchev–Trinajstić information content (AvgIpc) is 2.94. The van der Waals surface area contributed by atoms with Crippen LogP contribution >= 0.6 is 0 Å². The molecule has 114 valence electrons. The number of hydrogen-bond acceptors (Lipinski definition) is 2. The Kier molecular flexibility index (Phi) is 6.00. The molecule has 0 aliphatic heterocycles. The van der Waals surface area contributed by atoms with E-state index in [2.05, 4.69) is 66.1 Å². The number of hydrogen-bond donors (Lipinski definition) is 1. The summed E-state index contributed by atoms with van der Waals surface area (Å²) in [5.74, 6) is 1.16. The average molecular weight is 285 g/mol. The highest BCUT2D eigenvalue weighted by molar-refractivity contribution is 5.23. The molecule has 0 spiro atoms. The fraction of sp³-hybridized carbons (Fsp3) is 0.500. The van der Waals surface area contributed by atoms with E-state index in [9.17, 15) is 0 Å². The molecule has 0 saturated heterocycles. The van der Waals surface area contributed by atoms with Crippen molar-refractivity contribution in [1.29, 1.82) is 0 Å². The third-order valence-corrected chi connectivity index (χ3v) is 3.73. The van der Waals surface area contributed by atoms with Crippen LogP contribution in [0.15, 0.2) is 36.7 Å². The molecule has 3 heteroatoms. The van der Waals surface area contributed by atoms with Gasteiger partial charge >= 0.3 is 0 Å².